The van der Waals surface area contributed by atoms with Gasteiger partial charge in [0, 0.05) is 12.8 Å². The van der Waals surface area contributed by atoms with Crippen LogP contribution in [0.15, 0.2) is 48.5 Å². The Morgan fingerprint density at radius 3 is 2.19 bits per heavy atom. The van der Waals surface area contributed by atoms with Gasteiger partial charge in [0.2, 0.25) is 3.79 Å². The highest BCUT2D eigenvalue weighted by molar-refractivity contribution is 14.1. The second-order valence-corrected chi connectivity index (χ2v) is 10.2. The quantitative estimate of drug-likeness (QED) is 0.181. The van der Waals surface area contributed by atoms with E-state index < -0.39 is 9.96 Å². The first-order valence-corrected chi connectivity index (χ1v) is 10.8. The molecule has 4 nitrogen and oxygen atoms in total. The second kappa shape index (κ2) is 9.92. The summed E-state index contributed by atoms with van der Waals surface area (Å²) in [5, 5.41) is 8.69. The Morgan fingerprint density at radius 1 is 1.00 bits per heavy atom. The summed E-state index contributed by atoms with van der Waals surface area (Å²) in [5.41, 5.74) is 1.25. The van der Waals surface area contributed by atoms with Crippen LogP contribution in [-0.4, -0.2) is 21.0 Å². The largest absolute Gasteiger partial charge is 0.339 e. The van der Waals surface area contributed by atoms with Gasteiger partial charge in [-0.3, -0.25) is 4.79 Å². The Hall–Kier alpha value is -0.0700. The van der Waals surface area contributed by atoms with E-state index in [0.29, 0.717) is 5.56 Å². The SMILES string of the molecule is O=C(N[C@@H](NC(=S)Nc1ccc(I)cc1)C(Cl)(Cl)Cl)c1ccccc1I. The molecule has 3 N–H and O–H groups in total. The number of rotatable bonds is 4. The molecule has 0 radical (unpaired) electrons. The number of carbonyl (C=O) groups excluding carboxylic acids is 1. The number of alkyl halides is 3. The number of carbonyl (C=O) groups is 1. The fourth-order valence-electron chi connectivity index (χ4n) is 1.89. The number of thiocarbonyl (C=S) groups is 1. The average Bonchev–Trinajstić information content (AvgIpc) is 2.56. The number of anilines is 1. The molecule has 0 saturated carbocycles. The molecule has 1 atom stereocenters. The van der Waals surface area contributed by atoms with Gasteiger partial charge in [-0.25, -0.2) is 0 Å². The molecular formula is C16H12Cl3I2N3OS. The highest BCUT2D eigenvalue weighted by Gasteiger charge is 2.35. The number of benzene rings is 2. The molecule has 0 aliphatic heterocycles. The van der Waals surface area contributed by atoms with Crippen LogP contribution in [0, 0.1) is 7.14 Å². The molecule has 0 aliphatic carbocycles. The molecule has 10 heteroatoms. The number of hydrogen-bond acceptors (Lipinski definition) is 2. The lowest BCUT2D eigenvalue weighted by molar-refractivity contribution is 0.0933. The van der Waals surface area contributed by atoms with Crippen molar-refractivity contribution < 1.29 is 4.79 Å². The summed E-state index contributed by atoms with van der Waals surface area (Å²) >= 11 is 27.5. The lowest BCUT2D eigenvalue weighted by atomic mass is 10.2. The Labute approximate surface area is 199 Å². The average molecular weight is 655 g/mol. The van der Waals surface area contributed by atoms with Crippen LogP contribution in [-0.2, 0) is 0 Å². The Balaban J connectivity index is 2.07. The van der Waals surface area contributed by atoms with Crippen molar-refractivity contribution in [2.45, 2.75) is 9.96 Å². The maximum Gasteiger partial charge on any atom is 0.254 e. The minimum Gasteiger partial charge on any atom is -0.339 e. The van der Waals surface area contributed by atoms with Crippen molar-refractivity contribution in [1.29, 1.82) is 0 Å². The van der Waals surface area contributed by atoms with E-state index in [9.17, 15) is 4.79 Å². The first kappa shape index (κ1) is 22.2. The lowest BCUT2D eigenvalue weighted by Gasteiger charge is -2.28. The molecule has 26 heavy (non-hydrogen) atoms. The van der Waals surface area contributed by atoms with Gasteiger partial charge in [-0.2, -0.15) is 0 Å². The third kappa shape index (κ3) is 6.83. The predicted molar refractivity (Wildman–Crippen MR) is 129 cm³/mol. The minimum atomic E-state index is -1.81. The third-order valence-electron chi connectivity index (χ3n) is 3.10. The van der Waals surface area contributed by atoms with Crippen LogP contribution >= 0.6 is 92.2 Å². The van der Waals surface area contributed by atoms with E-state index in [1.54, 1.807) is 12.1 Å². The molecule has 2 rings (SSSR count). The topological polar surface area (TPSA) is 53.2 Å². The minimum absolute atomic E-state index is 0.214. The number of nitrogens with one attached hydrogen (secondary N) is 3. The lowest BCUT2D eigenvalue weighted by Crippen LogP contribution is -2.56. The molecule has 0 aromatic heterocycles. The van der Waals surface area contributed by atoms with Crippen LogP contribution in [0.5, 0.6) is 0 Å². The molecule has 0 bridgehead atoms. The molecule has 0 fully saturated rings. The van der Waals surface area contributed by atoms with Crippen LogP contribution in [0.1, 0.15) is 10.4 Å². The molecule has 2 aromatic rings. The summed E-state index contributed by atoms with van der Waals surface area (Å²) in [7, 11) is 0. The monoisotopic (exact) mass is 653 g/mol. The fourth-order valence-corrected chi connectivity index (χ4v) is 3.44. The molecule has 0 aliphatic rings. The molecular weight excluding hydrogens is 642 g/mol. The molecule has 138 valence electrons. The molecule has 0 unspecified atom stereocenters. The van der Waals surface area contributed by atoms with E-state index in [-0.39, 0.29) is 11.0 Å². The van der Waals surface area contributed by atoms with Gasteiger partial charge < -0.3 is 16.0 Å². The van der Waals surface area contributed by atoms with Crippen LogP contribution < -0.4 is 16.0 Å². The maximum atomic E-state index is 12.5. The van der Waals surface area contributed by atoms with E-state index >= 15 is 0 Å². The second-order valence-electron chi connectivity index (χ2n) is 5.03. The summed E-state index contributed by atoms with van der Waals surface area (Å²) in [6, 6.07) is 14.7. The Bertz CT molecular complexity index is 800. The molecule has 0 spiro atoms. The fraction of sp³-hybridized carbons (Fsp3) is 0.125. The van der Waals surface area contributed by atoms with E-state index in [2.05, 4.69) is 61.1 Å². The maximum absolute atomic E-state index is 12.5. The van der Waals surface area contributed by atoms with Gasteiger partial charge in [-0.05, 0) is 93.8 Å². The van der Waals surface area contributed by atoms with E-state index in [4.69, 9.17) is 47.0 Å². The molecule has 2 aromatic carbocycles. The van der Waals surface area contributed by atoms with E-state index in [0.717, 1.165) is 12.8 Å². The highest BCUT2D eigenvalue weighted by Crippen LogP contribution is 2.29. The van der Waals surface area contributed by atoms with E-state index in [1.807, 2.05) is 36.4 Å². The van der Waals surface area contributed by atoms with Crippen molar-refractivity contribution in [2.75, 3.05) is 5.32 Å². The smallest absolute Gasteiger partial charge is 0.254 e. The zero-order chi connectivity index (χ0) is 19.3. The summed E-state index contributed by atoms with van der Waals surface area (Å²) < 4.78 is 0.0643. The van der Waals surface area contributed by atoms with Crippen molar-refractivity contribution in [3.05, 3.63) is 61.2 Å². The van der Waals surface area contributed by atoms with Crippen molar-refractivity contribution in [3.8, 4) is 0 Å². The van der Waals surface area contributed by atoms with Crippen molar-refractivity contribution in [1.82, 2.24) is 10.6 Å². The van der Waals surface area contributed by atoms with Crippen LogP contribution in [0.2, 0.25) is 0 Å². The van der Waals surface area contributed by atoms with Crippen molar-refractivity contribution in [3.63, 3.8) is 0 Å². The summed E-state index contributed by atoms with van der Waals surface area (Å²) in [6.45, 7) is 0. The van der Waals surface area contributed by atoms with Crippen LogP contribution in [0.3, 0.4) is 0 Å². The first-order chi connectivity index (χ1) is 12.2. The zero-order valence-electron chi connectivity index (χ0n) is 12.9. The number of halogens is 5. The van der Waals surface area contributed by atoms with Crippen LogP contribution in [0.25, 0.3) is 0 Å². The standard InChI is InChI=1S/C16H12Cl3I2N3OS/c17-16(18,19)14(23-13(25)11-3-1-2-4-12(11)21)24-15(26)22-10-7-5-9(20)6-8-10/h1-8,14H,(H,23,25)(H2,22,24,26)/t14-/m0/s1. The van der Waals surface area contributed by atoms with Crippen molar-refractivity contribution in [2.24, 2.45) is 0 Å². The van der Waals surface area contributed by atoms with E-state index in [1.165, 1.54) is 0 Å². The van der Waals surface area contributed by atoms with Crippen molar-refractivity contribution >= 4 is 109 Å². The normalized spacial score (nSPS) is 12.2. The van der Waals surface area contributed by atoms with Gasteiger partial charge in [0.15, 0.2) is 5.11 Å². The molecule has 1 amide bonds. The third-order valence-corrected chi connectivity index (χ3v) is 5.63. The highest BCUT2D eigenvalue weighted by atomic mass is 127. The Morgan fingerprint density at radius 2 is 1.62 bits per heavy atom. The zero-order valence-corrected chi connectivity index (χ0v) is 20.3. The van der Waals surface area contributed by atoms with Gasteiger partial charge in [-0.1, -0.05) is 46.9 Å². The first-order valence-electron chi connectivity index (χ1n) is 7.12. The van der Waals surface area contributed by atoms with Gasteiger partial charge in [0.25, 0.3) is 5.91 Å². The van der Waals surface area contributed by atoms with Gasteiger partial charge in [-0.15, -0.1) is 0 Å². The number of amides is 1. The van der Waals surface area contributed by atoms with Crippen LogP contribution in [0.4, 0.5) is 5.69 Å². The van der Waals surface area contributed by atoms with Gasteiger partial charge in [0.1, 0.15) is 6.17 Å². The summed E-state index contributed by atoms with van der Waals surface area (Å²) in [4.78, 5) is 12.5. The summed E-state index contributed by atoms with van der Waals surface area (Å²) in [6.07, 6.45) is -1.03. The molecule has 0 heterocycles. The Kier molecular flexibility index (Phi) is 8.48. The number of hydrogen-bond donors (Lipinski definition) is 3. The van der Waals surface area contributed by atoms with Gasteiger partial charge >= 0.3 is 0 Å². The van der Waals surface area contributed by atoms with Gasteiger partial charge in [0.05, 0.1) is 5.56 Å². The summed E-state index contributed by atoms with van der Waals surface area (Å²) in [5.74, 6) is -0.379. The molecule has 0 saturated heterocycles. The predicted octanol–water partition coefficient (Wildman–Crippen LogP) is 5.31.